The topological polar surface area (TPSA) is 66.4 Å². The monoisotopic (exact) mass is 307 g/mol. The van der Waals surface area contributed by atoms with Crippen molar-refractivity contribution in [3.05, 3.63) is 29.8 Å². The summed E-state index contributed by atoms with van der Waals surface area (Å²) in [6.45, 7) is 4.00. The summed E-state index contributed by atoms with van der Waals surface area (Å²) in [6.07, 6.45) is 1.93. The first-order chi connectivity index (χ1) is 9.94. The maximum atomic E-state index is 12.5. The molecule has 21 heavy (non-hydrogen) atoms. The molecule has 2 rings (SSSR count). The van der Waals surface area contributed by atoms with E-state index in [4.69, 9.17) is 5.11 Å². The molecule has 1 fully saturated rings. The van der Waals surface area contributed by atoms with Gasteiger partial charge in [0, 0.05) is 11.6 Å². The molecule has 114 valence electrons. The lowest BCUT2D eigenvalue weighted by Gasteiger charge is -2.19. The van der Waals surface area contributed by atoms with Gasteiger partial charge in [0.2, 0.25) is 10.0 Å². The minimum Gasteiger partial charge on any atom is -0.384 e. The second-order valence-corrected chi connectivity index (χ2v) is 7.34. The number of aliphatic hydroxyl groups excluding tert-OH is 1. The molecule has 0 bridgehead atoms. The average Bonchev–Trinajstić information content (AvgIpc) is 2.77. The molecule has 1 aromatic rings. The molecular weight excluding hydrogens is 286 g/mol. The van der Waals surface area contributed by atoms with E-state index in [9.17, 15) is 8.42 Å². The fourth-order valence-corrected chi connectivity index (χ4v) is 4.09. The van der Waals surface area contributed by atoms with Crippen molar-refractivity contribution in [2.24, 2.45) is 11.8 Å². The Morgan fingerprint density at radius 3 is 2.71 bits per heavy atom. The van der Waals surface area contributed by atoms with Crippen LogP contribution in [-0.2, 0) is 10.0 Å². The lowest BCUT2D eigenvalue weighted by Crippen LogP contribution is -2.37. The van der Waals surface area contributed by atoms with Gasteiger partial charge in [-0.05, 0) is 42.9 Å². The van der Waals surface area contributed by atoms with Crippen molar-refractivity contribution in [1.82, 2.24) is 4.72 Å². The van der Waals surface area contributed by atoms with Gasteiger partial charge in [-0.2, -0.15) is 0 Å². The van der Waals surface area contributed by atoms with E-state index in [1.807, 2.05) is 0 Å². The van der Waals surface area contributed by atoms with E-state index in [2.05, 4.69) is 30.4 Å². The number of hydrogen-bond acceptors (Lipinski definition) is 3. The van der Waals surface area contributed by atoms with E-state index < -0.39 is 10.0 Å². The summed E-state index contributed by atoms with van der Waals surface area (Å²) in [7, 11) is -3.53. The zero-order valence-electron chi connectivity index (χ0n) is 12.3. The minimum absolute atomic E-state index is 0.00261. The fraction of sp³-hybridized carbons (Fsp3) is 0.500. The van der Waals surface area contributed by atoms with Crippen LogP contribution < -0.4 is 4.72 Å². The number of benzene rings is 1. The number of sulfonamides is 1. The van der Waals surface area contributed by atoms with Crippen molar-refractivity contribution in [2.45, 2.75) is 37.6 Å². The van der Waals surface area contributed by atoms with Crippen molar-refractivity contribution in [3.63, 3.8) is 0 Å². The fourth-order valence-electron chi connectivity index (χ4n) is 2.68. The van der Waals surface area contributed by atoms with Crippen LogP contribution in [0.3, 0.4) is 0 Å². The Balaban J connectivity index is 2.20. The molecule has 5 heteroatoms. The van der Waals surface area contributed by atoms with Crippen LogP contribution in [0.2, 0.25) is 0 Å². The van der Waals surface area contributed by atoms with E-state index in [1.165, 1.54) is 6.07 Å². The first kappa shape index (κ1) is 16.0. The van der Waals surface area contributed by atoms with Gasteiger partial charge in [0.15, 0.2) is 0 Å². The molecule has 1 aromatic carbocycles. The van der Waals surface area contributed by atoms with Gasteiger partial charge in [0.05, 0.1) is 4.90 Å². The van der Waals surface area contributed by atoms with Crippen LogP contribution in [0, 0.1) is 23.7 Å². The molecule has 0 amide bonds. The molecule has 0 heterocycles. The van der Waals surface area contributed by atoms with Crippen LogP contribution in [0.25, 0.3) is 0 Å². The van der Waals surface area contributed by atoms with Crippen LogP contribution in [0.1, 0.15) is 32.3 Å². The molecule has 1 aliphatic rings. The number of nitrogens with one attached hydrogen (secondary N) is 1. The quantitative estimate of drug-likeness (QED) is 0.836. The Morgan fingerprint density at radius 1 is 1.33 bits per heavy atom. The Labute approximate surface area is 126 Å². The number of rotatable bonds is 3. The lowest BCUT2D eigenvalue weighted by molar-refractivity contribution is 0.350. The largest absolute Gasteiger partial charge is 0.384 e. The predicted octanol–water partition coefficient (Wildman–Crippen LogP) is 1.74. The second-order valence-electron chi connectivity index (χ2n) is 5.63. The van der Waals surface area contributed by atoms with Crippen LogP contribution >= 0.6 is 0 Å². The molecule has 1 aliphatic carbocycles. The maximum Gasteiger partial charge on any atom is 0.240 e. The van der Waals surface area contributed by atoms with Gasteiger partial charge in [-0.25, -0.2) is 13.1 Å². The van der Waals surface area contributed by atoms with Crippen LogP contribution in [0.4, 0.5) is 0 Å². The summed E-state index contributed by atoms with van der Waals surface area (Å²) in [5, 5.41) is 8.70. The summed E-state index contributed by atoms with van der Waals surface area (Å²) in [5.74, 6) is 6.13. The highest BCUT2D eigenvalue weighted by Gasteiger charge is 2.32. The Hall–Kier alpha value is -1.35. The zero-order chi connectivity index (χ0) is 15.5. The van der Waals surface area contributed by atoms with Gasteiger partial charge < -0.3 is 5.11 Å². The van der Waals surface area contributed by atoms with Gasteiger partial charge in [0.1, 0.15) is 6.61 Å². The van der Waals surface area contributed by atoms with Crippen LogP contribution in [0.15, 0.2) is 29.2 Å². The first-order valence-corrected chi connectivity index (χ1v) is 8.64. The van der Waals surface area contributed by atoms with Gasteiger partial charge >= 0.3 is 0 Å². The van der Waals surface area contributed by atoms with Crippen molar-refractivity contribution in [3.8, 4) is 11.8 Å². The number of hydrogen-bond donors (Lipinski definition) is 2. The number of aliphatic hydroxyl groups is 1. The van der Waals surface area contributed by atoms with E-state index in [0.717, 1.165) is 12.8 Å². The molecule has 0 radical (unpaired) electrons. The highest BCUT2D eigenvalue weighted by Crippen LogP contribution is 2.32. The molecule has 3 atom stereocenters. The Kier molecular flexibility index (Phi) is 5.04. The molecule has 0 spiro atoms. The average molecular weight is 307 g/mol. The summed E-state index contributed by atoms with van der Waals surface area (Å²) < 4.78 is 27.7. The standard InChI is InChI=1S/C16H21NO3S/c1-12-8-9-16(13(12)2)17-21(19,20)15-7-3-5-14(11-15)6-4-10-18/h3,5,7,11-13,16-18H,8-10H2,1-2H3. The molecule has 3 unspecified atom stereocenters. The van der Waals surface area contributed by atoms with Gasteiger partial charge in [-0.15, -0.1) is 0 Å². The molecule has 2 N–H and O–H groups in total. The summed E-state index contributed by atoms with van der Waals surface area (Å²) >= 11 is 0. The molecule has 4 nitrogen and oxygen atoms in total. The highest BCUT2D eigenvalue weighted by molar-refractivity contribution is 7.89. The zero-order valence-corrected chi connectivity index (χ0v) is 13.2. The molecular formula is C16H21NO3S. The highest BCUT2D eigenvalue weighted by atomic mass is 32.2. The molecule has 0 saturated heterocycles. The molecule has 0 aliphatic heterocycles. The summed E-state index contributed by atoms with van der Waals surface area (Å²) in [4.78, 5) is 0.221. The molecule has 0 aromatic heterocycles. The first-order valence-electron chi connectivity index (χ1n) is 7.16. The van der Waals surface area contributed by atoms with E-state index in [1.54, 1.807) is 18.2 Å². The van der Waals surface area contributed by atoms with Crippen molar-refractivity contribution in [1.29, 1.82) is 0 Å². The summed E-state index contributed by atoms with van der Waals surface area (Å²) in [5.41, 5.74) is 0.583. The predicted molar refractivity (Wildman–Crippen MR) is 82.1 cm³/mol. The third-order valence-corrected chi connectivity index (χ3v) is 5.72. The Bertz CT molecular complexity index is 658. The van der Waals surface area contributed by atoms with E-state index in [-0.39, 0.29) is 17.5 Å². The van der Waals surface area contributed by atoms with Gasteiger partial charge in [0.25, 0.3) is 0 Å². The minimum atomic E-state index is -3.53. The Morgan fingerprint density at radius 2 is 2.10 bits per heavy atom. The maximum absolute atomic E-state index is 12.5. The van der Waals surface area contributed by atoms with Gasteiger partial charge in [-0.3, -0.25) is 0 Å². The second kappa shape index (κ2) is 6.61. The summed E-state index contributed by atoms with van der Waals surface area (Å²) in [6, 6.07) is 6.49. The van der Waals surface area contributed by atoms with E-state index >= 15 is 0 Å². The van der Waals surface area contributed by atoms with E-state index in [0.29, 0.717) is 17.4 Å². The van der Waals surface area contributed by atoms with Crippen molar-refractivity contribution < 1.29 is 13.5 Å². The molecule has 1 saturated carbocycles. The third kappa shape index (κ3) is 3.85. The van der Waals surface area contributed by atoms with Crippen molar-refractivity contribution >= 4 is 10.0 Å². The third-order valence-electron chi connectivity index (χ3n) is 4.23. The van der Waals surface area contributed by atoms with Gasteiger partial charge in [-0.1, -0.05) is 31.8 Å². The lowest BCUT2D eigenvalue weighted by atomic mass is 9.98. The van der Waals surface area contributed by atoms with Crippen LogP contribution in [-0.4, -0.2) is 26.2 Å². The smallest absolute Gasteiger partial charge is 0.240 e. The van der Waals surface area contributed by atoms with Crippen molar-refractivity contribution in [2.75, 3.05) is 6.61 Å². The van der Waals surface area contributed by atoms with Crippen LogP contribution in [0.5, 0.6) is 0 Å². The normalized spacial score (nSPS) is 25.4. The SMILES string of the molecule is CC1CCC(NS(=O)(=O)c2cccc(C#CCO)c2)C1C.